The molecule has 2 heterocycles. The second-order valence-electron chi connectivity index (χ2n) is 6.94. The van der Waals surface area contributed by atoms with E-state index in [1.165, 1.54) is 6.07 Å². The van der Waals surface area contributed by atoms with E-state index >= 15 is 0 Å². The van der Waals surface area contributed by atoms with Crippen molar-refractivity contribution in [1.82, 2.24) is 4.57 Å². The number of halogens is 1. The number of rotatable bonds is 4. The van der Waals surface area contributed by atoms with Crippen molar-refractivity contribution in [1.29, 1.82) is 0 Å². The van der Waals surface area contributed by atoms with Crippen LogP contribution in [0.3, 0.4) is 0 Å². The van der Waals surface area contributed by atoms with Crippen LogP contribution in [0, 0.1) is 5.82 Å². The largest absolute Gasteiger partial charge is 0.462 e. The second kappa shape index (κ2) is 6.39. The third-order valence-electron chi connectivity index (χ3n) is 5.04. The van der Waals surface area contributed by atoms with E-state index in [2.05, 4.69) is 0 Å². The molecule has 6 nitrogen and oxygen atoms in total. The molecular weight excluding hydrogens is 339 g/mol. The van der Waals surface area contributed by atoms with Gasteiger partial charge in [0.25, 0.3) is 0 Å². The molecule has 26 heavy (non-hydrogen) atoms. The molecule has 1 unspecified atom stereocenters. The standard InChI is InChI=1S/C19H21FN2O4/c1-2-26-19(25)14-10-22(11-3-4-11)16-8-17(21-6-5-12(23)9-21)15(20)7-13(16)18(14)24/h7-8,10-12,23H,2-6,9H2,1H3. The molecule has 0 spiro atoms. The summed E-state index contributed by atoms with van der Waals surface area (Å²) in [6.45, 7) is 2.79. The minimum absolute atomic E-state index is 0.0602. The van der Waals surface area contributed by atoms with Crippen LogP contribution in [0.2, 0.25) is 0 Å². The second-order valence-corrected chi connectivity index (χ2v) is 6.94. The average Bonchev–Trinajstić information content (AvgIpc) is 3.36. The Morgan fingerprint density at radius 2 is 2.12 bits per heavy atom. The molecule has 1 aromatic carbocycles. The molecule has 138 valence electrons. The van der Waals surface area contributed by atoms with Crippen molar-refractivity contribution in [3.05, 3.63) is 39.9 Å². The number of nitrogens with zero attached hydrogens (tertiary/aromatic N) is 2. The van der Waals surface area contributed by atoms with E-state index in [0.29, 0.717) is 30.7 Å². The van der Waals surface area contributed by atoms with Gasteiger partial charge < -0.3 is 19.3 Å². The van der Waals surface area contributed by atoms with Crippen molar-refractivity contribution in [2.75, 3.05) is 24.6 Å². The van der Waals surface area contributed by atoms with E-state index in [-0.39, 0.29) is 23.6 Å². The third kappa shape index (κ3) is 2.86. The number of hydrogen-bond donors (Lipinski definition) is 1. The molecule has 7 heteroatoms. The predicted molar refractivity (Wildman–Crippen MR) is 95.2 cm³/mol. The SMILES string of the molecule is CCOC(=O)c1cn(C2CC2)c2cc(N3CCC(O)C3)c(F)cc2c1=O. The summed E-state index contributed by atoms with van der Waals surface area (Å²) in [6.07, 6.45) is 3.57. The molecule has 0 amide bonds. The summed E-state index contributed by atoms with van der Waals surface area (Å²) >= 11 is 0. The fourth-order valence-corrected chi connectivity index (χ4v) is 3.57. The van der Waals surface area contributed by atoms with Crippen molar-refractivity contribution < 1.29 is 19.0 Å². The summed E-state index contributed by atoms with van der Waals surface area (Å²) < 4.78 is 21.6. The van der Waals surface area contributed by atoms with Gasteiger partial charge in [-0.25, -0.2) is 9.18 Å². The molecule has 1 aliphatic carbocycles. The van der Waals surface area contributed by atoms with Gasteiger partial charge in [-0.05, 0) is 38.3 Å². The van der Waals surface area contributed by atoms with Crippen molar-refractivity contribution in [2.45, 2.75) is 38.3 Å². The first-order valence-corrected chi connectivity index (χ1v) is 8.98. The molecule has 1 saturated heterocycles. The third-order valence-corrected chi connectivity index (χ3v) is 5.04. The molecule has 1 aliphatic heterocycles. The molecule has 2 fully saturated rings. The van der Waals surface area contributed by atoms with E-state index in [9.17, 15) is 19.1 Å². The van der Waals surface area contributed by atoms with Gasteiger partial charge >= 0.3 is 5.97 Å². The van der Waals surface area contributed by atoms with Gasteiger partial charge in [0.1, 0.15) is 11.4 Å². The van der Waals surface area contributed by atoms with Crippen LogP contribution in [0.4, 0.5) is 10.1 Å². The number of fused-ring (bicyclic) bond motifs is 1. The number of esters is 1. The highest BCUT2D eigenvalue weighted by atomic mass is 19.1. The molecule has 0 radical (unpaired) electrons. The Labute approximate surface area is 149 Å². The van der Waals surface area contributed by atoms with Crippen LogP contribution < -0.4 is 10.3 Å². The van der Waals surface area contributed by atoms with E-state index in [1.807, 2.05) is 4.57 Å². The van der Waals surface area contributed by atoms with Gasteiger partial charge in [-0.15, -0.1) is 0 Å². The van der Waals surface area contributed by atoms with Gasteiger partial charge in [-0.1, -0.05) is 0 Å². The molecule has 4 rings (SSSR count). The minimum Gasteiger partial charge on any atom is -0.462 e. The van der Waals surface area contributed by atoms with E-state index in [4.69, 9.17) is 4.74 Å². The molecule has 0 bridgehead atoms. The van der Waals surface area contributed by atoms with Crippen molar-refractivity contribution >= 4 is 22.6 Å². The highest BCUT2D eigenvalue weighted by Gasteiger charge is 2.29. The fourth-order valence-electron chi connectivity index (χ4n) is 3.57. The van der Waals surface area contributed by atoms with Gasteiger partial charge in [0, 0.05) is 30.7 Å². The number of pyridine rings is 1. The topological polar surface area (TPSA) is 71.8 Å². The van der Waals surface area contributed by atoms with E-state index in [0.717, 1.165) is 12.8 Å². The summed E-state index contributed by atoms with van der Waals surface area (Å²) in [4.78, 5) is 26.7. The van der Waals surface area contributed by atoms with Crippen molar-refractivity contribution in [3.63, 3.8) is 0 Å². The molecule has 2 aliphatic rings. The van der Waals surface area contributed by atoms with Gasteiger partial charge in [0.2, 0.25) is 5.43 Å². The number of benzene rings is 1. The lowest BCUT2D eigenvalue weighted by molar-refractivity contribution is 0.0524. The molecule has 1 N–H and O–H groups in total. The zero-order chi connectivity index (χ0) is 18.4. The molecule has 1 saturated carbocycles. The average molecular weight is 360 g/mol. The van der Waals surface area contributed by atoms with Crippen LogP contribution >= 0.6 is 0 Å². The number of anilines is 1. The number of β-amino-alcohol motifs (C(OH)–C–C–N with tert-alkyl or cyclic N) is 1. The maximum atomic E-state index is 14.7. The van der Waals surface area contributed by atoms with Crippen LogP contribution in [0.25, 0.3) is 10.9 Å². The van der Waals surface area contributed by atoms with Gasteiger partial charge in [-0.3, -0.25) is 4.79 Å². The summed E-state index contributed by atoms with van der Waals surface area (Å²) in [5.41, 5.74) is 0.423. The van der Waals surface area contributed by atoms with Crippen molar-refractivity contribution in [2.24, 2.45) is 0 Å². The number of aliphatic hydroxyl groups is 1. The fraction of sp³-hybridized carbons (Fsp3) is 0.474. The predicted octanol–water partition coefficient (Wildman–Crippen LogP) is 2.22. The van der Waals surface area contributed by atoms with Crippen LogP contribution in [0.15, 0.2) is 23.1 Å². The highest BCUT2D eigenvalue weighted by molar-refractivity contribution is 5.94. The monoisotopic (exact) mass is 360 g/mol. The Morgan fingerprint density at radius 3 is 2.73 bits per heavy atom. The van der Waals surface area contributed by atoms with Gasteiger partial charge in [-0.2, -0.15) is 0 Å². The Hall–Kier alpha value is -2.41. The number of carbonyl (C=O) groups is 1. The first-order chi connectivity index (χ1) is 12.5. The zero-order valence-corrected chi connectivity index (χ0v) is 14.6. The first kappa shape index (κ1) is 17.0. The summed E-state index contributed by atoms with van der Waals surface area (Å²) in [5.74, 6) is -1.20. The summed E-state index contributed by atoms with van der Waals surface area (Å²) in [5, 5.41) is 9.92. The maximum absolute atomic E-state index is 14.7. The highest BCUT2D eigenvalue weighted by Crippen LogP contribution is 2.38. The lowest BCUT2D eigenvalue weighted by Gasteiger charge is -2.21. The summed E-state index contributed by atoms with van der Waals surface area (Å²) in [6, 6.07) is 3.07. The van der Waals surface area contributed by atoms with Gasteiger partial charge in [0.05, 0.1) is 23.9 Å². The molecule has 2 aromatic rings. The molecule has 1 atom stereocenters. The number of aromatic nitrogens is 1. The Kier molecular flexibility index (Phi) is 4.19. The van der Waals surface area contributed by atoms with E-state index in [1.54, 1.807) is 24.1 Å². The zero-order valence-electron chi connectivity index (χ0n) is 14.6. The Morgan fingerprint density at radius 1 is 1.35 bits per heavy atom. The minimum atomic E-state index is -0.680. The van der Waals surface area contributed by atoms with Crippen LogP contribution in [0.1, 0.15) is 42.6 Å². The number of carbonyl (C=O) groups excluding carboxylic acids is 1. The molecule has 1 aromatic heterocycles. The quantitative estimate of drug-likeness (QED) is 0.847. The maximum Gasteiger partial charge on any atom is 0.343 e. The number of hydrogen-bond acceptors (Lipinski definition) is 5. The van der Waals surface area contributed by atoms with Crippen LogP contribution in [-0.4, -0.2) is 41.4 Å². The molecular formula is C19H21FN2O4. The smallest absolute Gasteiger partial charge is 0.343 e. The first-order valence-electron chi connectivity index (χ1n) is 8.98. The van der Waals surface area contributed by atoms with Crippen molar-refractivity contribution in [3.8, 4) is 0 Å². The van der Waals surface area contributed by atoms with Gasteiger partial charge in [0.15, 0.2) is 0 Å². The van der Waals surface area contributed by atoms with Crippen LogP contribution in [-0.2, 0) is 4.74 Å². The summed E-state index contributed by atoms with van der Waals surface area (Å²) in [7, 11) is 0. The van der Waals surface area contributed by atoms with Crippen LogP contribution in [0.5, 0.6) is 0 Å². The lowest BCUT2D eigenvalue weighted by Crippen LogP contribution is -2.24. The lowest BCUT2D eigenvalue weighted by atomic mass is 10.1. The normalized spacial score (nSPS) is 20.0. The van der Waals surface area contributed by atoms with E-state index < -0.39 is 23.3 Å². The Balaban J connectivity index is 1.90. The number of aliphatic hydroxyl groups excluding tert-OH is 1. The number of ether oxygens (including phenoxy) is 1. The Bertz CT molecular complexity index is 935.